The van der Waals surface area contributed by atoms with Crippen LogP contribution in [0.5, 0.6) is 0 Å². The van der Waals surface area contributed by atoms with Crippen LogP contribution in [0.2, 0.25) is 0 Å². The number of nitro groups is 3. The molecule has 12 nitrogen and oxygen atoms in total. The summed E-state index contributed by atoms with van der Waals surface area (Å²) < 4.78 is 1.98. The number of benzene rings is 2. The van der Waals surface area contributed by atoms with E-state index in [9.17, 15) is 30.3 Å². The van der Waals surface area contributed by atoms with Crippen LogP contribution < -0.4 is 0 Å². The van der Waals surface area contributed by atoms with Crippen molar-refractivity contribution in [3.05, 3.63) is 95.8 Å². The van der Waals surface area contributed by atoms with E-state index in [4.69, 9.17) is 0 Å². The summed E-state index contributed by atoms with van der Waals surface area (Å²) in [5, 5.41) is 42.9. The molecule has 1 heterocycles. The highest BCUT2D eigenvalue weighted by Gasteiger charge is 2.32. The van der Waals surface area contributed by atoms with Crippen LogP contribution in [0.25, 0.3) is 0 Å². The van der Waals surface area contributed by atoms with E-state index in [0.29, 0.717) is 42.9 Å². The van der Waals surface area contributed by atoms with E-state index < -0.39 is 15.9 Å². The molecule has 13 heteroatoms. The van der Waals surface area contributed by atoms with Crippen LogP contribution in [-0.4, -0.2) is 35.6 Å². The van der Waals surface area contributed by atoms with Crippen molar-refractivity contribution in [2.75, 3.05) is 0 Å². The van der Waals surface area contributed by atoms with Crippen LogP contribution in [0.4, 0.5) is 11.4 Å². The van der Waals surface area contributed by atoms with Gasteiger partial charge in [0.2, 0.25) is 6.04 Å². The molecule has 0 radical (unpaired) electrons. The van der Waals surface area contributed by atoms with Crippen LogP contribution in [-0.2, 0) is 12.3 Å². The van der Waals surface area contributed by atoms with E-state index in [1.165, 1.54) is 23.9 Å². The summed E-state index contributed by atoms with van der Waals surface area (Å²) in [6.45, 7) is 0.496. The molecule has 0 saturated heterocycles. The Hall–Kier alpha value is -3.87. The fraction of sp³-hybridized carbons (Fsp3) is 0.364. The van der Waals surface area contributed by atoms with Gasteiger partial charge in [-0.3, -0.25) is 30.3 Å². The van der Waals surface area contributed by atoms with E-state index >= 15 is 0 Å². The smallest absolute Gasteiger partial charge is 0.276 e. The zero-order chi connectivity index (χ0) is 24.9. The first kappa shape index (κ1) is 24.3. The fourth-order valence-corrected chi connectivity index (χ4v) is 5.14. The van der Waals surface area contributed by atoms with E-state index in [-0.39, 0.29) is 28.0 Å². The van der Waals surface area contributed by atoms with Gasteiger partial charge >= 0.3 is 0 Å². The molecule has 0 atom stereocenters. The third kappa shape index (κ3) is 5.80. The number of aromatic nitrogens is 3. The van der Waals surface area contributed by atoms with Gasteiger partial charge in [-0.15, -0.1) is 10.2 Å². The highest BCUT2D eigenvalue weighted by Crippen LogP contribution is 2.35. The van der Waals surface area contributed by atoms with Gasteiger partial charge in [-0.1, -0.05) is 42.1 Å². The molecule has 1 aliphatic carbocycles. The first-order valence-corrected chi connectivity index (χ1v) is 12.0. The average Bonchev–Trinajstić information content (AvgIpc) is 3.25. The Kier molecular flexibility index (Phi) is 7.34. The molecule has 35 heavy (non-hydrogen) atoms. The molecule has 0 unspecified atom stereocenters. The monoisotopic (exact) mass is 498 g/mol. The summed E-state index contributed by atoms with van der Waals surface area (Å²) in [7, 11) is 0. The number of hydrogen-bond acceptors (Lipinski definition) is 9. The van der Waals surface area contributed by atoms with E-state index in [1.807, 2.05) is 34.9 Å². The SMILES string of the molecule is O=[N+]([O-])c1cc(CSc2nnc(C3CCC([N+](=O)[O-])CC3)n2Cc2ccccc2)cc([N+](=O)[O-])c1. The Morgan fingerprint density at radius 2 is 1.49 bits per heavy atom. The molecule has 3 aromatic rings. The fourth-order valence-electron chi connectivity index (χ4n) is 4.27. The maximum absolute atomic E-state index is 11.2. The van der Waals surface area contributed by atoms with E-state index in [1.54, 1.807) is 0 Å². The molecular weight excluding hydrogens is 476 g/mol. The molecule has 0 amide bonds. The van der Waals surface area contributed by atoms with Gasteiger partial charge < -0.3 is 4.57 Å². The third-order valence-electron chi connectivity index (χ3n) is 6.04. The average molecular weight is 499 g/mol. The highest BCUT2D eigenvalue weighted by molar-refractivity contribution is 7.98. The minimum Gasteiger partial charge on any atom is -0.301 e. The first-order valence-electron chi connectivity index (χ1n) is 11.0. The lowest BCUT2D eigenvalue weighted by Crippen LogP contribution is -2.26. The normalized spacial score (nSPS) is 17.7. The molecule has 1 aromatic heterocycles. The van der Waals surface area contributed by atoms with Gasteiger partial charge in [0, 0.05) is 41.6 Å². The lowest BCUT2D eigenvalue weighted by atomic mass is 9.85. The number of nitro benzene ring substituents is 2. The zero-order valence-corrected chi connectivity index (χ0v) is 19.4. The number of rotatable bonds is 9. The van der Waals surface area contributed by atoms with Crippen molar-refractivity contribution in [3.63, 3.8) is 0 Å². The lowest BCUT2D eigenvalue weighted by Gasteiger charge is -2.24. The van der Waals surface area contributed by atoms with Gasteiger partial charge in [-0.25, -0.2) is 0 Å². The van der Waals surface area contributed by atoms with Crippen molar-refractivity contribution < 1.29 is 14.8 Å². The molecule has 1 saturated carbocycles. The van der Waals surface area contributed by atoms with Crippen molar-refractivity contribution in [3.8, 4) is 0 Å². The molecule has 0 spiro atoms. The Labute approximate surface area is 203 Å². The topological polar surface area (TPSA) is 160 Å². The predicted octanol–water partition coefficient (Wildman–Crippen LogP) is 4.74. The molecule has 0 bridgehead atoms. The zero-order valence-electron chi connectivity index (χ0n) is 18.6. The van der Waals surface area contributed by atoms with Crippen LogP contribution >= 0.6 is 11.8 Å². The molecule has 1 fully saturated rings. The molecule has 0 aliphatic heterocycles. The van der Waals surface area contributed by atoms with E-state index in [0.717, 1.165) is 17.5 Å². The van der Waals surface area contributed by atoms with Crippen LogP contribution in [0, 0.1) is 30.3 Å². The number of non-ortho nitro benzene ring substituents is 2. The van der Waals surface area contributed by atoms with Gasteiger partial charge in [-0.05, 0) is 24.0 Å². The van der Waals surface area contributed by atoms with E-state index in [2.05, 4.69) is 10.2 Å². The summed E-state index contributed by atoms with van der Waals surface area (Å²) in [6, 6.07) is 12.8. The Morgan fingerprint density at radius 1 is 0.857 bits per heavy atom. The highest BCUT2D eigenvalue weighted by atomic mass is 32.2. The second-order valence-corrected chi connectivity index (χ2v) is 9.31. The quantitative estimate of drug-likeness (QED) is 0.230. The van der Waals surface area contributed by atoms with Crippen LogP contribution in [0.15, 0.2) is 53.7 Å². The Morgan fingerprint density at radius 3 is 2.06 bits per heavy atom. The van der Waals surface area contributed by atoms with Crippen LogP contribution in [0.1, 0.15) is 48.6 Å². The maximum atomic E-state index is 11.2. The van der Waals surface area contributed by atoms with Crippen molar-refractivity contribution in [1.29, 1.82) is 0 Å². The Bertz CT molecular complexity index is 1210. The predicted molar refractivity (Wildman–Crippen MR) is 127 cm³/mol. The molecule has 4 rings (SSSR count). The number of hydrogen-bond donors (Lipinski definition) is 0. The number of thioether (sulfide) groups is 1. The third-order valence-corrected chi connectivity index (χ3v) is 7.08. The minimum absolute atomic E-state index is 0.0377. The van der Waals surface area contributed by atoms with Crippen LogP contribution in [0.3, 0.4) is 0 Å². The summed E-state index contributed by atoms with van der Waals surface area (Å²) >= 11 is 1.29. The summed E-state index contributed by atoms with van der Waals surface area (Å²) in [6.07, 6.45) is 2.24. The lowest BCUT2D eigenvalue weighted by molar-refractivity contribution is -0.526. The van der Waals surface area contributed by atoms with Crippen molar-refractivity contribution in [1.82, 2.24) is 14.8 Å². The molecule has 2 aromatic carbocycles. The standard InChI is InChI=1S/C22H22N6O6S/c29-26(30)18-8-6-17(7-9-18)21-23-24-22(25(21)13-15-4-2-1-3-5-15)35-14-16-10-19(27(31)32)12-20(11-16)28(33)34/h1-5,10-12,17-18H,6-9,13-14H2. The summed E-state index contributed by atoms with van der Waals surface area (Å²) in [4.78, 5) is 32.0. The second kappa shape index (κ2) is 10.6. The minimum atomic E-state index is -0.654. The summed E-state index contributed by atoms with van der Waals surface area (Å²) in [5.74, 6) is 1.02. The molecular formula is C22H22N6O6S. The summed E-state index contributed by atoms with van der Waals surface area (Å²) in [5.41, 5.74) is 0.770. The Balaban J connectivity index is 1.60. The first-order chi connectivity index (χ1) is 16.8. The number of nitrogens with zero attached hydrogens (tertiary/aromatic N) is 6. The van der Waals surface area contributed by atoms with Gasteiger partial charge in [0.25, 0.3) is 11.4 Å². The van der Waals surface area contributed by atoms with Gasteiger partial charge in [0.1, 0.15) is 5.82 Å². The molecule has 0 N–H and O–H groups in total. The molecule has 182 valence electrons. The van der Waals surface area contributed by atoms with Crippen molar-refractivity contribution in [2.45, 2.75) is 55.1 Å². The largest absolute Gasteiger partial charge is 0.301 e. The van der Waals surface area contributed by atoms with Crippen molar-refractivity contribution >= 4 is 23.1 Å². The van der Waals surface area contributed by atoms with Crippen molar-refractivity contribution in [2.24, 2.45) is 0 Å². The maximum Gasteiger partial charge on any atom is 0.276 e. The van der Waals surface area contributed by atoms with Gasteiger partial charge in [0.05, 0.1) is 22.5 Å². The molecule has 1 aliphatic rings. The van der Waals surface area contributed by atoms with Gasteiger partial charge in [-0.2, -0.15) is 0 Å². The van der Waals surface area contributed by atoms with Gasteiger partial charge in [0.15, 0.2) is 5.16 Å². The second-order valence-electron chi connectivity index (χ2n) is 8.36.